The van der Waals surface area contributed by atoms with Crippen LogP contribution in [0.2, 0.25) is 0 Å². The molecule has 0 aromatic carbocycles. The Morgan fingerprint density at radius 2 is 2.15 bits per heavy atom. The molecule has 2 heteroatoms. The fourth-order valence-electron chi connectivity index (χ4n) is 1.21. The number of aryl methyl sites for hydroxylation is 1. The molecule has 74 valence electrons. The van der Waals surface area contributed by atoms with Crippen molar-refractivity contribution in [2.75, 3.05) is 0 Å². The summed E-state index contributed by atoms with van der Waals surface area (Å²) in [4.78, 5) is 1.31. The predicted molar refractivity (Wildman–Crippen MR) is 58.2 cm³/mol. The van der Waals surface area contributed by atoms with Crippen LogP contribution in [0.5, 0.6) is 0 Å². The summed E-state index contributed by atoms with van der Waals surface area (Å²) in [6.07, 6.45) is 0.759. The van der Waals surface area contributed by atoms with E-state index in [0.717, 1.165) is 6.42 Å². The van der Waals surface area contributed by atoms with E-state index in [1.54, 1.807) is 11.3 Å². The Morgan fingerprint density at radius 1 is 1.54 bits per heavy atom. The van der Waals surface area contributed by atoms with Crippen molar-refractivity contribution >= 4 is 11.3 Å². The molecule has 1 unspecified atom stereocenters. The third-order valence-corrected chi connectivity index (χ3v) is 3.50. The molecule has 0 bridgehead atoms. The molecule has 0 amide bonds. The number of aliphatic hydroxyl groups is 1. The number of thiophene rings is 1. The summed E-state index contributed by atoms with van der Waals surface area (Å²) in [7, 11) is 0. The molecular formula is C11H18OS. The Bertz CT molecular complexity index is 273. The van der Waals surface area contributed by atoms with E-state index in [4.69, 9.17) is 0 Å². The fourth-order valence-corrected chi connectivity index (χ4v) is 1.92. The molecule has 0 saturated carbocycles. The van der Waals surface area contributed by atoms with Gasteiger partial charge in [-0.3, -0.25) is 0 Å². The second-order valence-electron chi connectivity index (χ2n) is 4.25. The fraction of sp³-hybridized carbons (Fsp3) is 0.636. The first-order chi connectivity index (χ1) is 5.92. The molecule has 1 aromatic rings. The quantitative estimate of drug-likeness (QED) is 0.791. The van der Waals surface area contributed by atoms with Gasteiger partial charge in [0.15, 0.2) is 0 Å². The third kappa shape index (κ3) is 2.82. The zero-order valence-corrected chi connectivity index (χ0v) is 9.61. The zero-order chi connectivity index (χ0) is 10.1. The van der Waals surface area contributed by atoms with Crippen molar-refractivity contribution in [3.63, 3.8) is 0 Å². The van der Waals surface area contributed by atoms with Crippen LogP contribution < -0.4 is 0 Å². The highest BCUT2D eigenvalue weighted by atomic mass is 32.1. The van der Waals surface area contributed by atoms with Crippen LogP contribution in [0.4, 0.5) is 0 Å². The van der Waals surface area contributed by atoms with Crippen molar-refractivity contribution in [1.82, 2.24) is 0 Å². The maximum absolute atomic E-state index is 10.1. The Morgan fingerprint density at radius 3 is 2.54 bits per heavy atom. The molecular weight excluding hydrogens is 180 g/mol. The first kappa shape index (κ1) is 10.7. The van der Waals surface area contributed by atoms with Crippen molar-refractivity contribution in [3.8, 4) is 0 Å². The summed E-state index contributed by atoms with van der Waals surface area (Å²) < 4.78 is 0. The van der Waals surface area contributed by atoms with Gasteiger partial charge in [-0.2, -0.15) is 0 Å². The molecule has 0 radical (unpaired) electrons. The topological polar surface area (TPSA) is 20.2 Å². The summed E-state index contributed by atoms with van der Waals surface area (Å²) in [5.41, 5.74) is 0.675. The summed E-state index contributed by atoms with van der Waals surface area (Å²) in [6, 6.07) is 2.15. The Balaban J connectivity index is 2.68. The van der Waals surface area contributed by atoms with Crippen molar-refractivity contribution in [1.29, 1.82) is 0 Å². The van der Waals surface area contributed by atoms with Crippen LogP contribution in [0.1, 0.15) is 31.2 Å². The summed E-state index contributed by atoms with van der Waals surface area (Å²) >= 11 is 1.75. The van der Waals surface area contributed by atoms with Crippen LogP contribution in [-0.2, 0) is 6.42 Å². The largest absolute Gasteiger partial charge is 0.390 e. The van der Waals surface area contributed by atoms with Crippen LogP contribution in [0.25, 0.3) is 0 Å². The molecule has 0 aliphatic heterocycles. The van der Waals surface area contributed by atoms with Crippen molar-refractivity contribution in [2.45, 2.75) is 39.7 Å². The van der Waals surface area contributed by atoms with E-state index >= 15 is 0 Å². The molecule has 0 aliphatic rings. The first-order valence-corrected chi connectivity index (χ1v) is 5.56. The normalized spacial score (nSPS) is 16.2. The van der Waals surface area contributed by atoms with E-state index in [2.05, 4.69) is 32.2 Å². The lowest BCUT2D eigenvalue weighted by molar-refractivity contribution is 0.0140. The SMILES string of the molecule is Cc1cc(CC(C)(O)C(C)C)cs1. The van der Waals surface area contributed by atoms with Crippen LogP contribution in [-0.4, -0.2) is 10.7 Å². The first-order valence-electron chi connectivity index (χ1n) is 4.68. The van der Waals surface area contributed by atoms with Crippen LogP contribution in [0.15, 0.2) is 11.4 Å². The molecule has 1 nitrogen and oxygen atoms in total. The van der Waals surface area contributed by atoms with Crippen LogP contribution in [0.3, 0.4) is 0 Å². The summed E-state index contributed by atoms with van der Waals surface area (Å²) in [5.74, 6) is 0.299. The summed E-state index contributed by atoms with van der Waals surface area (Å²) in [5, 5.41) is 12.2. The third-order valence-electron chi connectivity index (χ3n) is 2.59. The second-order valence-corrected chi connectivity index (χ2v) is 5.37. The smallest absolute Gasteiger partial charge is 0.0683 e. The average Bonchev–Trinajstić information content (AvgIpc) is 2.34. The Labute approximate surface area is 84.4 Å². The van der Waals surface area contributed by atoms with Gasteiger partial charge in [0, 0.05) is 11.3 Å². The minimum Gasteiger partial charge on any atom is -0.390 e. The lowest BCUT2D eigenvalue weighted by Gasteiger charge is -2.27. The highest BCUT2D eigenvalue weighted by Crippen LogP contribution is 2.24. The van der Waals surface area contributed by atoms with Gasteiger partial charge in [0.25, 0.3) is 0 Å². The van der Waals surface area contributed by atoms with E-state index in [-0.39, 0.29) is 0 Å². The summed E-state index contributed by atoms with van der Waals surface area (Å²) in [6.45, 7) is 8.11. The number of hydrogen-bond acceptors (Lipinski definition) is 2. The predicted octanol–water partition coefficient (Wildman–Crippen LogP) is 3.01. The van der Waals surface area contributed by atoms with E-state index in [9.17, 15) is 5.11 Å². The highest BCUT2D eigenvalue weighted by Gasteiger charge is 2.25. The molecule has 1 N–H and O–H groups in total. The van der Waals surface area contributed by atoms with Gasteiger partial charge in [-0.05, 0) is 36.8 Å². The van der Waals surface area contributed by atoms with Crippen LogP contribution in [0, 0.1) is 12.8 Å². The highest BCUT2D eigenvalue weighted by molar-refractivity contribution is 7.10. The Hall–Kier alpha value is -0.340. The van der Waals surface area contributed by atoms with Gasteiger partial charge >= 0.3 is 0 Å². The Kier molecular flexibility index (Phi) is 3.14. The maximum Gasteiger partial charge on any atom is 0.0683 e. The standard InChI is InChI=1S/C11H18OS/c1-8(2)11(4,12)6-10-5-9(3)13-7-10/h5,7-8,12H,6H2,1-4H3. The lowest BCUT2D eigenvalue weighted by Crippen LogP contribution is -2.33. The van der Waals surface area contributed by atoms with Gasteiger partial charge in [0.1, 0.15) is 0 Å². The molecule has 0 fully saturated rings. The second kappa shape index (κ2) is 3.81. The lowest BCUT2D eigenvalue weighted by atomic mass is 9.87. The monoisotopic (exact) mass is 198 g/mol. The van der Waals surface area contributed by atoms with Gasteiger partial charge in [-0.25, -0.2) is 0 Å². The van der Waals surface area contributed by atoms with Gasteiger partial charge < -0.3 is 5.11 Å². The molecule has 1 rings (SSSR count). The molecule has 0 saturated heterocycles. The minimum atomic E-state index is -0.576. The van der Waals surface area contributed by atoms with Gasteiger partial charge in [-0.1, -0.05) is 13.8 Å². The van der Waals surface area contributed by atoms with Crippen molar-refractivity contribution < 1.29 is 5.11 Å². The van der Waals surface area contributed by atoms with Gasteiger partial charge in [-0.15, -0.1) is 11.3 Å². The van der Waals surface area contributed by atoms with Gasteiger partial charge in [0.05, 0.1) is 5.60 Å². The average molecular weight is 198 g/mol. The van der Waals surface area contributed by atoms with Crippen molar-refractivity contribution in [2.24, 2.45) is 5.92 Å². The van der Waals surface area contributed by atoms with E-state index in [0.29, 0.717) is 5.92 Å². The molecule has 0 aliphatic carbocycles. The van der Waals surface area contributed by atoms with E-state index in [1.807, 2.05) is 6.92 Å². The molecule has 1 heterocycles. The number of hydrogen-bond donors (Lipinski definition) is 1. The molecule has 0 spiro atoms. The zero-order valence-electron chi connectivity index (χ0n) is 8.79. The van der Waals surface area contributed by atoms with Crippen LogP contribution >= 0.6 is 11.3 Å². The van der Waals surface area contributed by atoms with Gasteiger partial charge in [0.2, 0.25) is 0 Å². The minimum absolute atomic E-state index is 0.299. The maximum atomic E-state index is 10.1. The van der Waals surface area contributed by atoms with Crippen molar-refractivity contribution in [3.05, 3.63) is 21.9 Å². The molecule has 1 aromatic heterocycles. The molecule has 13 heavy (non-hydrogen) atoms. The van der Waals surface area contributed by atoms with E-state index < -0.39 is 5.60 Å². The van der Waals surface area contributed by atoms with E-state index in [1.165, 1.54) is 10.4 Å². The molecule has 1 atom stereocenters. The number of rotatable bonds is 3.